The maximum atomic E-state index is 12.6. The fraction of sp³-hybridized carbons (Fsp3) is 0.321. The van der Waals surface area contributed by atoms with Gasteiger partial charge in [0.05, 0.1) is 31.1 Å². The number of benzene rings is 2. The van der Waals surface area contributed by atoms with Crippen molar-refractivity contribution in [3.05, 3.63) is 76.9 Å². The van der Waals surface area contributed by atoms with E-state index in [4.69, 9.17) is 14.2 Å². The van der Waals surface area contributed by atoms with Gasteiger partial charge in [0, 0.05) is 41.5 Å². The Morgan fingerprint density at radius 2 is 2.00 bits per heavy atom. The van der Waals surface area contributed by atoms with E-state index in [1.807, 2.05) is 44.2 Å². The lowest BCUT2D eigenvalue weighted by atomic mass is 9.94. The Morgan fingerprint density at radius 3 is 2.84 bits per heavy atom. The van der Waals surface area contributed by atoms with Crippen LogP contribution in [0.1, 0.15) is 34.8 Å². The van der Waals surface area contributed by atoms with Crippen LogP contribution in [0.5, 0.6) is 0 Å². The number of nitrogens with zero attached hydrogens (tertiary/aromatic N) is 3. The summed E-state index contributed by atoms with van der Waals surface area (Å²) in [5.74, 6) is 0.714. The highest BCUT2D eigenvalue weighted by atomic mass is 32.1. The van der Waals surface area contributed by atoms with Crippen molar-refractivity contribution < 1.29 is 14.1 Å². The average Bonchev–Trinajstić information content (AvgIpc) is 3.55. The second kappa shape index (κ2) is 9.64. The fourth-order valence-electron chi connectivity index (χ4n) is 4.99. The molecule has 1 amide bonds. The number of ether oxygens (including phenoxy) is 1. The van der Waals surface area contributed by atoms with Gasteiger partial charge in [0.1, 0.15) is 4.88 Å². The number of nitrogens with one attached hydrogen (secondary N) is 2. The monoisotopic (exact) mass is 515 g/mol. The molecule has 2 aliphatic rings. The van der Waals surface area contributed by atoms with E-state index in [1.165, 1.54) is 16.9 Å². The van der Waals surface area contributed by atoms with Crippen molar-refractivity contribution in [3.8, 4) is 11.3 Å². The quantitative estimate of drug-likeness (QED) is 0.371. The highest BCUT2D eigenvalue weighted by molar-refractivity contribution is 7.17. The Kier molecular flexibility index (Phi) is 6.18. The average molecular weight is 516 g/mol. The third kappa shape index (κ3) is 5.10. The maximum absolute atomic E-state index is 12.6. The van der Waals surface area contributed by atoms with Gasteiger partial charge in [-0.3, -0.25) is 4.79 Å². The van der Waals surface area contributed by atoms with Crippen molar-refractivity contribution in [3.63, 3.8) is 0 Å². The molecule has 4 heterocycles. The number of carbonyl (C=O) groups is 1. The number of fused-ring (bicyclic) bond motifs is 1. The summed E-state index contributed by atoms with van der Waals surface area (Å²) in [6, 6.07) is 18.5. The smallest absolute Gasteiger partial charge is 0.263 e. The molecule has 4 aromatic rings. The summed E-state index contributed by atoms with van der Waals surface area (Å²) in [6.45, 7) is 6.11. The Bertz CT molecular complexity index is 1410. The molecule has 37 heavy (non-hydrogen) atoms. The van der Waals surface area contributed by atoms with Gasteiger partial charge in [-0.1, -0.05) is 40.8 Å². The van der Waals surface area contributed by atoms with E-state index in [-0.39, 0.29) is 17.5 Å². The fourth-order valence-corrected chi connectivity index (χ4v) is 6.07. The van der Waals surface area contributed by atoms with Gasteiger partial charge in [0.15, 0.2) is 10.9 Å². The van der Waals surface area contributed by atoms with Crippen LogP contribution in [0.4, 0.5) is 16.5 Å². The first-order valence-corrected chi connectivity index (χ1v) is 13.3. The van der Waals surface area contributed by atoms with Gasteiger partial charge in [0.25, 0.3) is 5.91 Å². The van der Waals surface area contributed by atoms with E-state index in [0.29, 0.717) is 13.2 Å². The van der Waals surface area contributed by atoms with E-state index in [1.54, 1.807) is 6.20 Å². The first-order chi connectivity index (χ1) is 17.9. The number of rotatable bonds is 6. The van der Waals surface area contributed by atoms with Gasteiger partial charge in [-0.2, -0.15) is 0 Å². The number of hydrogen-bond acceptors (Lipinski definition) is 8. The second-order valence-corrected chi connectivity index (χ2v) is 11.2. The first kappa shape index (κ1) is 23.7. The van der Waals surface area contributed by atoms with Crippen LogP contribution >= 0.6 is 11.3 Å². The lowest BCUT2D eigenvalue weighted by molar-refractivity contribution is 0.0900. The van der Waals surface area contributed by atoms with E-state index < -0.39 is 0 Å². The number of anilines is 3. The SMILES string of the molecule is CC1(C)Cc2nc(N3CCOCC3Cc3cccc(Nc4cccc(-c5ccno5)c4)c3)sc2C(=O)N1. The Labute approximate surface area is 219 Å². The minimum Gasteiger partial charge on any atom is -0.377 e. The van der Waals surface area contributed by atoms with E-state index in [2.05, 4.69) is 45.0 Å². The lowest BCUT2D eigenvalue weighted by Gasteiger charge is -2.35. The topological polar surface area (TPSA) is 92.5 Å². The summed E-state index contributed by atoms with van der Waals surface area (Å²) in [5.41, 5.74) is 4.79. The van der Waals surface area contributed by atoms with E-state index in [0.717, 1.165) is 57.8 Å². The molecule has 1 atom stereocenters. The van der Waals surface area contributed by atoms with Crippen molar-refractivity contribution in [2.45, 2.75) is 38.3 Å². The second-order valence-electron chi connectivity index (χ2n) is 10.2. The normalized spacial score (nSPS) is 18.8. The van der Waals surface area contributed by atoms with Gasteiger partial charge >= 0.3 is 0 Å². The molecule has 6 rings (SSSR count). The standard InChI is InChI=1S/C28H29N5O3S/c1-28(2)16-23-25(26(34)32-28)37-27(31-23)33-11-12-35-17-22(33)14-18-5-3-7-20(13-18)30-21-8-4-6-19(15-21)24-9-10-29-36-24/h3-10,13,15,22,30H,11-12,14,16-17H2,1-2H3,(H,32,34). The van der Waals surface area contributed by atoms with Gasteiger partial charge < -0.3 is 24.8 Å². The minimum atomic E-state index is -0.276. The summed E-state index contributed by atoms with van der Waals surface area (Å²) in [5, 5.41) is 11.3. The van der Waals surface area contributed by atoms with Crippen LogP contribution in [-0.4, -0.2) is 47.4 Å². The molecule has 2 aromatic heterocycles. The molecule has 1 fully saturated rings. The number of aromatic nitrogens is 2. The molecule has 0 aliphatic carbocycles. The lowest BCUT2D eigenvalue weighted by Crippen LogP contribution is -2.48. The van der Waals surface area contributed by atoms with Crippen LogP contribution in [0, 0.1) is 0 Å². The Balaban J connectivity index is 1.19. The summed E-state index contributed by atoms with van der Waals surface area (Å²) in [6.07, 6.45) is 3.20. The van der Waals surface area contributed by atoms with Crippen LogP contribution in [0.3, 0.4) is 0 Å². The Morgan fingerprint density at radius 1 is 1.16 bits per heavy atom. The zero-order valence-electron chi connectivity index (χ0n) is 20.9. The van der Waals surface area contributed by atoms with Crippen molar-refractivity contribution in [1.29, 1.82) is 0 Å². The van der Waals surface area contributed by atoms with Gasteiger partial charge in [-0.25, -0.2) is 4.98 Å². The number of thiazole rings is 1. The first-order valence-electron chi connectivity index (χ1n) is 12.5. The largest absolute Gasteiger partial charge is 0.377 e. The molecule has 1 unspecified atom stereocenters. The number of hydrogen-bond donors (Lipinski definition) is 2. The molecule has 9 heteroatoms. The molecule has 1 saturated heterocycles. The van der Waals surface area contributed by atoms with Crippen LogP contribution in [0.25, 0.3) is 11.3 Å². The van der Waals surface area contributed by atoms with Crippen LogP contribution in [0.15, 0.2) is 65.3 Å². The third-order valence-corrected chi connectivity index (χ3v) is 7.83. The molecule has 2 aliphatic heterocycles. The molecule has 0 spiro atoms. The van der Waals surface area contributed by atoms with Crippen LogP contribution in [-0.2, 0) is 17.6 Å². The van der Waals surface area contributed by atoms with Gasteiger partial charge in [-0.15, -0.1) is 0 Å². The van der Waals surface area contributed by atoms with Crippen LogP contribution in [0.2, 0.25) is 0 Å². The molecule has 0 saturated carbocycles. The maximum Gasteiger partial charge on any atom is 0.263 e. The molecule has 2 N–H and O–H groups in total. The van der Waals surface area contributed by atoms with E-state index >= 15 is 0 Å². The number of amides is 1. The molecular formula is C28H29N5O3S. The number of carbonyl (C=O) groups excluding carboxylic acids is 1. The predicted molar refractivity (Wildman–Crippen MR) is 145 cm³/mol. The highest BCUT2D eigenvalue weighted by Crippen LogP contribution is 2.34. The van der Waals surface area contributed by atoms with E-state index in [9.17, 15) is 4.79 Å². The third-order valence-electron chi connectivity index (χ3n) is 6.70. The predicted octanol–water partition coefficient (Wildman–Crippen LogP) is 5.05. The summed E-state index contributed by atoms with van der Waals surface area (Å²) in [4.78, 5) is 20.6. The highest BCUT2D eigenvalue weighted by Gasteiger charge is 2.35. The van der Waals surface area contributed by atoms with Crippen molar-refractivity contribution in [1.82, 2.24) is 15.5 Å². The summed E-state index contributed by atoms with van der Waals surface area (Å²) in [7, 11) is 0. The summed E-state index contributed by atoms with van der Waals surface area (Å²) < 4.78 is 11.2. The molecule has 190 valence electrons. The van der Waals surface area contributed by atoms with Crippen LogP contribution < -0.4 is 15.5 Å². The zero-order chi connectivity index (χ0) is 25.4. The Hall–Kier alpha value is -3.69. The van der Waals surface area contributed by atoms with Crippen molar-refractivity contribution in [2.24, 2.45) is 0 Å². The molecular weight excluding hydrogens is 486 g/mol. The molecule has 2 aromatic carbocycles. The van der Waals surface area contributed by atoms with Crippen molar-refractivity contribution >= 4 is 33.8 Å². The molecule has 0 bridgehead atoms. The minimum absolute atomic E-state index is 0.0223. The molecule has 0 radical (unpaired) electrons. The molecule has 8 nitrogen and oxygen atoms in total. The number of morpholine rings is 1. The summed E-state index contributed by atoms with van der Waals surface area (Å²) >= 11 is 1.49. The van der Waals surface area contributed by atoms with Crippen molar-refractivity contribution in [2.75, 3.05) is 30.0 Å². The zero-order valence-corrected chi connectivity index (χ0v) is 21.7. The van der Waals surface area contributed by atoms with Gasteiger partial charge in [0.2, 0.25) is 0 Å². The van der Waals surface area contributed by atoms with Gasteiger partial charge in [-0.05, 0) is 50.1 Å².